The van der Waals surface area contributed by atoms with E-state index >= 15 is 0 Å². The lowest BCUT2D eigenvalue weighted by Crippen LogP contribution is -2.41. The summed E-state index contributed by atoms with van der Waals surface area (Å²) in [5.74, 6) is -0.385. The standard InChI is InChI=1S/C21H28N4O2/c1-23(2)12-6-13-25-20(26)16-8-5-7-15-18(22-11-14-24(3)4)10-9-17(19(15)16)21(25)27/h5,7-10,22H,6,11-14H2,1-4H3. The first-order valence-corrected chi connectivity index (χ1v) is 9.35. The maximum Gasteiger partial charge on any atom is 0.261 e. The predicted molar refractivity (Wildman–Crippen MR) is 110 cm³/mol. The molecule has 27 heavy (non-hydrogen) atoms. The molecule has 2 amide bonds. The van der Waals surface area contributed by atoms with Crippen LogP contribution in [0.15, 0.2) is 30.3 Å². The predicted octanol–water partition coefficient (Wildman–Crippen LogP) is 2.36. The highest BCUT2D eigenvalue weighted by molar-refractivity contribution is 6.26. The van der Waals surface area contributed by atoms with Gasteiger partial charge in [-0.3, -0.25) is 14.5 Å². The van der Waals surface area contributed by atoms with Gasteiger partial charge in [-0.2, -0.15) is 0 Å². The van der Waals surface area contributed by atoms with Crippen LogP contribution in [0, 0.1) is 0 Å². The lowest BCUT2D eigenvalue weighted by molar-refractivity contribution is 0.0606. The molecule has 1 aliphatic heterocycles. The van der Waals surface area contributed by atoms with Crippen molar-refractivity contribution >= 4 is 28.3 Å². The first-order valence-electron chi connectivity index (χ1n) is 9.35. The largest absolute Gasteiger partial charge is 0.383 e. The fourth-order valence-corrected chi connectivity index (χ4v) is 3.46. The van der Waals surface area contributed by atoms with E-state index in [0.717, 1.165) is 42.5 Å². The van der Waals surface area contributed by atoms with Crippen molar-refractivity contribution in [3.63, 3.8) is 0 Å². The van der Waals surface area contributed by atoms with Crippen molar-refractivity contribution in [1.82, 2.24) is 14.7 Å². The summed E-state index contributed by atoms with van der Waals surface area (Å²) < 4.78 is 0. The molecule has 144 valence electrons. The monoisotopic (exact) mass is 368 g/mol. The molecule has 2 aromatic carbocycles. The Bertz CT molecular complexity index is 838. The topological polar surface area (TPSA) is 55.9 Å². The smallest absolute Gasteiger partial charge is 0.261 e. The van der Waals surface area contributed by atoms with Crippen LogP contribution >= 0.6 is 0 Å². The van der Waals surface area contributed by atoms with E-state index in [4.69, 9.17) is 0 Å². The van der Waals surface area contributed by atoms with Crippen LogP contribution in [0.1, 0.15) is 27.1 Å². The first kappa shape index (κ1) is 19.3. The number of carbonyl (C=O) groups is 2. The zero-order chi connectivity index (χ0) is 19.6. The van der Waals surface area contributed by atoms with Gasteiger partial charge in [0.1, 0.15) is 0 Å². The van der Waals surface area contributed by atoms with E-state index in [9.17, 15) is 9.59 Å². The molecule has 0 aliphatic carbocycles. The summed E-state index contributed by atoms with van der Waals surface area (Å²) in [6.07, 6.45) is 0.764. The Kier molecular flexibility index (Phi) is 5.77. The van der Waals surface area contributed by atoms with Crippen molar-refractivity contribution in [2.24, 2.45) is 0 Å². The second-order valence-electron chi connectivity index (χ2n) is 7.54. The summed E-state index contributed by atoms with van der Waals surface area (Å²) in [5.41, 5.74) is 2.19. The van der Waals surface area contributed by atoms with Gasteiger partial charge in [-0.25, -0.2) is 0 Å². The summed E-state index contributed by atoms with van der Waals surface area (Å²) in [6.45, 7) is 2.97. The Hall–Kier alpha value is -2.44. The van der Waals surface area contributed by atoms with Gasteiger partial charge in [0.2, 0.25) is 0 Å². The number of likely N-dealkylation sites (N-methyl/N-ethyl adjacent to an activating group) is 1. The van der Waals surface area contributed by atoms with Crippen molar-refractivity contribution in [1.29, 1.82) is 0 Å². The van der Waals surface area contributed by atoms with Gasteiger partial charge in [0.25, 0.3) is 11.8 Å². The van der Waals surface area contributed by atoms with Gasteiger partial charge in [-0.05, 0) is 59.4 Å². The summed E-state index contributed by atoms with van der Waals surface area (Å²) in [5, 5.41) is 5.12. The molecule has 2 aromatic rings. The Morgan fingerprint density at radius 2 is 1.56 bits per heavy atom. The molecule has 0 fully saturated rings. The van der Waals surface area contributed by atoms with Gasteiger partial charge in [0.05, 0.1) is 0 Å². The van der Waals surface area contributed by atoms with Gasteiger partial charge in [-0.1, -0.05) is 12.1 Å². The number of hydrogen-bond acceptors (Lipinski definition) is 5. The van der Waals surface area contributed by atoms with Crippen LogP contribution in [-0.2, 0) is 0 Å². The molecule has 0 atom stereocenters. The Labute approximate surface area is 160 Å². The zero-order valence-electron chi connectivity index (χ0n) is 16.6. The van der Waals surface area contributed by atoms with Gasteiger partial charge in [0.15, 0.2) is 0 Å². The van der Waals surface area contributed by atoms with E-state index in [1.54, 1.807) is 0 Å². The van der Waals surface area contributed by atoms with E-state index < -0.39 is 0 Å². The number of amides is 2. The van der Waals surface area contributed by atoms with Crippen LogP contribution in [0.2, 0.25) is 0 Å². The van der Waals surface area contributed by atoms with Crippen molar-refractivity contribution in [3.05, 3.63) is 41.5 Å². The molecule has 0 aromatic heterocycles. The van der Waals surface area contributed by atoms with Gasteiger partial charge in [-0.15, -0.1) is 0 Å². The number of hydrogen-bond donors (Lipinski definition) is 1. The molecule has 1 heterocycles. The molecule has 0 bridgehead atoms. The molecule has 1 aliphatic rings. The highest BCUT2D eigenvalue weighted by Gasteiger charge is 2.32. The number of anilines is 1. The minimum Gasteiger partial charge on any atom is -0.383 e. The van der Waals surface area contributed by atoms with Crippen LogP contribution in [0.5, 0.6) is 0 Å². The van der Waals surface area contributed by atoms with E-state index in [0.29, 0.717) is 17.7 Å². The molecule has 0 unspecified atom stereocenters. The number of carbonyl (C=O) groups excluding carboxylic acids is 2. The van der Waals surface area contributed by atoms with E-state index in [2.05, 4.69) is 15.1 Å². The molecule has 0 radical (unpaired) electrons. The second kappa shape index (κ2) is 8.06. The fraction of sp³-hybridized carbons (Fsp3) is 0.429. The quantitative estimate of drug-likeness (QED) is 0.725. The van der Waals surface area contributed by atoms with Crippen LogP contribution in [0.4, 0.5) is 5.69 Å². The normalized spacial score (nSPS) is 13.9. The second-order valence-corrected chi connectivity index (χ2v) is 7.54. The van der Waals surface area contributed by atoms with Crippen molar-refractivity contribution in [3.8, 4) is 0 Å². The van der Waals surface area contributed by atoms with Crippen LogP contribution in [0.25, 0.3) is 10.8 Å². The number of nitrogens with one attached hydrogen (secondary N) is 1. The molecule has 0 spiro atoms. The van der Waals surface area contributed by atoms with E-state index in [1.165, 1.54) is 4.90 Å². The van der Waals surface area contributed by atoms with Crippen LogP contribution < -0.4 is 5.32 Å². The average Bonchev–Trinajstić information content (AvgIpc) is 2.62. The van der Waals surface area contributed by atoms with Gasteiger partial charge < -0.3 is 15.1 Å². The maximum atomic E-state index is 13.0. The van der Waals surface area contributed by atoms with Crippen molar-refractivity contribution in [2.45, 2.75) is 6.42 Å². The third kappa shape index (κ3) is 3.96. The Morgan fingerprint density at radius 3 is 2.22 bits per heavy atom. The average molecular weight is 368 g/mol. The van der Waals surface area contributed by atoms with Crippen molar-refractivity contribution < 1.29 is 9.59 Å². The van der Waals surface area contributed by atoms with E-state index in [1.807, 2.05) is 58.5 Å². The molecule has 0 saturated carbocycles. The molecule has 6 nitrogen and oxygen atoms in total. The van der Waals surface area contributed by atoms with E-state index in [-0.39, 0.29) is 11.8 Å². The minimum atomic E-state index is -0.192. The lowest BCUT2D eigenvalue weighted by atomic mass is 9.93. The van der Waals surface area contributed by atoms with Crippen LogP contribution in [0.3, 0.4) is 0 Å². The van der Waals surface area contributed by atoms with Crippen LogP contribution in [-0.4, -0.2) is 80.9 Å². The fourth-order valence-electron chi connectivity index (χ4n) is 3.46. The zero-order valence-corrected chi connectivity index (χ0v) is 16.6. The van der Waals surface area contributed by atoms with Crippen molar-refractivity contribution in [2.75, 3.05) is 59.7 Å². The highest BCUT2D eigenvalue weighted by Crippen LogP contribution is 2.34. The number of rotatable bonds is 8. The molecule has 0 saturated heterocycles. The van der Waals surface area contributed by atoms with Gasteiger partial charge >= 0.3 is 0 Å². The Morgan fingerprint density at radius 1 is 0.889 bits per heavy atom. The maximum absolute atomic E-state index is 13.0. The SMILES string of the molecule is CN(C)CCCN1C(=O)c2cccc3c(NCCN(C)C)ccc(c23)C1=O. The van der Waals surface area contributed by atoms with Gasteiger partial charge in [0, 0.05) is 47.2 Å². The Balaban J connectivity index is 1.92. The summed E-state index contributed by atoms with van der Waals surface area (Å²) in [6, 6.07) is 9.48. The molecular formula is C21H28N4O2. The summed E-state index contributed by atoms with van der Waals surface area (Å²) in [4.78, 5) is 31.5. The molecule has 6 heteroatoms. The summed E-state index contributed by atoms with van der Waals surface area (Å²) in [7, 11) is 8.03. The number of nitrogens with zero attached hydrogens (tertiary/aromatic N) is 3. The number of benzene rings is 2. The molecular weight excluding hydrogens is 340 g/mol. The third-order valence-corrected chi connectivity index (χ3v) is 4.85. The molecule has 3 rings (SSSR count). The summed E-state index contributed by atoms with van der Waals surface area (Å²) >= 11 is 0. The third-order valence-electron chi connectivity index (χ3n) is 4.85. The first-order chi connectivity index (χ1) is 12.9. The minimum absolute atomic E-state index is 0.192. The number of imide groups is 1. The highest BCUT2D eigenvalue weighted by atomic mass is 16.2. The molecule has 1 N–H and O–H groups in total. The lowest BCUT2D eigenvalue weighted by Gasteiger charge is -2.28.